The summed E-state index contributed by atoms with van der Waals surface area (Å²) in [5.41, 5.74) is 1.95. The Kier molecular flexibility index (Phi) is 5.34. The molecule has 0 unspecified atom stereocenters. The molecule has 1 heterocycles. The minimum absolute atomic E-state index is 0.0877. The van der Waals surface area contributed by atoms with Gasteiger partial charge in [0.2, 0.25) is 0 Å². The maximum absolute atomic E-state index is 12.5. The zero-order chi connectivity index (χ0) is 20.4. The Labute approximate surface area is 166 Å². The normalized spacial score (nSPS) is 16.7. The van der Waals surface area contributed by atoms with Crippen LogP contribution in [-0.4, -0.2) is 42.5 Å². The SMILES string of the molecule is Oc1ccc2cc([C@@H](c3ccc(OC(F)(F)F)cc3)N3CCNCC3)ccc2c1. The first-order valence-electron chi connectivity index (χ1n) is 9.42. The molecule has 2 N–H and O–H groups in total. The number of nitrogens with one attached hydrogen (secondary N) is 1. The van der Waals surface area contributed by atoms with Gasteiger partial charge < -0.3 is 15.2 Å². The Morgan fingerprint density at radius 1 is 0.862 bits per heavy atom. The van der Waals surface area contributed by atoms with Crippen LogP contribution in [0.5, 0.6) is 11.5 Å². The topological polar surface area (TPSA) is 44.7 Å². The number of rotatable bonds is 4. The van der Waals surface area contributed by atoms with Crippen molar-refractivity contribution in [3.8, 4) is 11.5 Å². The molecule has 0 amide bonds. The quantitative estimate of drug-likeness (QED) is 0.677. The second-order valence-corrected chi connectivity index (χ2v) is 7.10. The average Bonchev–Trinajstić information content (AvgIpc) is 2.69. The summed E-state index contributed by atoms with van der Waals surface area (Å²) in [7, 11) is 0. The van der Waals surface area contributed by atoms with Crippen LogP contribution < -0.4 is 10.1 Å². The number of alkyl halides is 3. The van der Waals surface area contributed by atoms with Gasteiger partial charge in [-0.1, -0.05) is 30.3 Å². The number of nitrogens with zero attached hydrogens (tertiary/aromatic N) is 1. The molecule has 0 aliphatic carbocycles. The Morgan fingerprint density at radius 2 is 1.48 bits per heavy atom. The predicted octanol–water partition coefficient (Wildman–Crippen LogP) is 4.44. The van der Waals surface area contributed by atoms with Crippen LogP contribution in [0.3, 0.4) is 0 Å². The van der Waals surface area contributed by atoms with Gasteiger partial charge in [-0.3, -0.25) is 4.90 Å². The molecule has 1 aliphatic heterocycles. The van der Waals surface area contributed by atoms with Crippen molar-refractivity contribution in [1.29, 1.82) is 0 Å². The van der Waals surface area contributed by atoms with E-state index in [2.05, 4.69) is 21.0 Å². The molecule has 3 aromatic rings. The standard InChI is InChI=1S/C22H21F3N2O2/c23-22(24,25)29-20-7-4-15(5-8-20)21(27-11-9-26-10-12-27)18-2-1-17-14-19(28)6-3-16(17)13-18/h1-8,13-14,21,26,28H,9-12H2/t21-/m1/s1. The van der Waals surface area contributed by atoms with Gasteiger partial charge in [0.15, 0.2) is 0 Å². The molecule has 1 aliphatic rings. The van der Waals surface area contributed by atoms with Gasteiger partial charge in [0.05, 0.1) is 6.04 Å². The Balaban J connectivity index is 1.71. The van der Waals surface area contributed by atoms with Gasteiger partial charge >= 0.3 is 6.36 Å². The predicted molar refractivity (Wildman–Crippen MR) is 105 cm³/mol. The van der Waals surface area contributed by atoms with E-state index in [-0.39, 0.29) is 17.5 Å². The third-order valence-corrected chi connectivity index (χ3v) is 5.11. The zero-order valence-corrected chi connectivity index (χ0v) is 15.6. The highest BCUT2D eigenvalue weighted by atomic mass is 19.4. The number of fused-ring (bicyclic) bond motifs is 1. The van der Waals surface area contributed by atoms with Crippen LogP contribution >= 0.6 is 0 Å². The first kappa shape index (κ1) is 19.5. The Morgan fingerprint density at radius 3 is 2.17 bits per heavy atom. The van der Waals surface area contributed by atoms with Crippen LogP contribution in [0.15, 0.2) is 60.7 Å². The number of phenols is 1. The van der Waals surface area contributed by atoms with E-state index in [4.69, 9.17) is 0 Å². The van der Waals surface area contributed by atoms with E-state index in [9.17, 15) is 18.3 Å². The molecule has 4 rings (SSSR count). The van der Waals surface area contributed by atoms with E-state index < -0.39 is 6.36 Å². The monoisotopic (exact) mass is 402 g/mol. The second kappa shape index (κ2) is 7.93. The van der Waals surface area contributed by atoms with Crippen LogP contribution in [0.25, 0.3) is 10.8 Å². The number of halogens is 3. The molecule has 0 spiro atoms. The highest BCUT2D eigenvalue weighted by Crippen LogP contribution is 2.33. The minimum Gasteiger partial charge on any atom is -0.508 e. The van der Waals surface area contributed by atoms with Gasteiger partial charge in [-0.05, 0) is 52.2 Å². The molecule has 152 valence electrons. The largest absolute Gasteiger partial charge is 0.573 e. The molecule has 29 heavy (non-hydrogen) atoms. The lowest BCUT2D eigenvalue weighted by Gasteiger charge is -2.35. The van der Waals surface area contributed by atoms with Crippen molar-refractivity contribution >= 4 is 10.8 Å². The number of piperazine rings is 1. The van der Waals surface area contributed by atoms with Crippen LogP contribution in [0.2, 0.25) is 0 Å². The lowest BCUT2D eigenvalue weighted by molar-refractivity contribution is -0.274. The van der Waals surface area contributed by atoms with E-state index in [1.54, 1.807) is 24.3 Å². The van der Waals surface area contributed by atoms with Gasteiger partial charge in [-0.15, -0.1) is 13.2 Å². The summed E-state index contributed by atoms with van der Waals surface area (Å²) in [6.45, 7) is 3.37. The summed E-state index contributed by atoms with van der Waals surface area (Å²) < 4.78 is 41.4. The van der Waals surface area contributed by atoms with Crippen molar-refractivity contribution in [3.63, 3.8) is 0 Å². The van der Waals surface area contributed by atoms with E-state index in [1.807, 2.05) is 18.2 Å². The maximum Gasteiger partial charge on any atom is 0.573 e. The molecule has 0 aromatic heterocycles. The van der Waals surface area contributed by atoms with Crippen LogP contribution in [0.1, 0.15) is 17.2 Å². The second-order valence-electron chi connectivity index (χ2n) is 7.10. The minimum atomic E-state index is -4.70. The van der Waals surface area contributed by atoms with Crippen molar-refractivity contribution in [2.24, 2.45) is 0 Å². The van der Waals surface area contributed by atoms with E-state index in [0.29, 0.717) is 0 Å². The van der Waals surface area contributed by atoms with Crippen molar-refractivity contribution in [1.82, 2.24) is 10.2 Å². The number of hydrogen-bond acceptors (Lipinski definition) is 4. The lowest BCUT2D eigenvalue weighted by atomic mass is 9.94. The molecule has 3 aromatic carbocycles. The molecule has 0 radical (unpaired) electrons. The summed E-state index contributed by atoms with van der Waals surface area (Å²) in [6, 6.07) is 17.3. The zero-order valence-electron chi connectivity index (χ0n) is 15.6. The number of ether oxygens (including phenoxy) is 1. The van der Waals surface area contributed by atoms with Gasteiger partial charge in [0, 0.05) is 26.2 Å². The molecule has 7 heteroatoms. The van der Waals surface area contributed by atoms with Crippen LogP contribution in [-0.2, 0) is 0 Å². The van der Waals surface area contributed by atoms with Crippen molar-refractivity contribution in [3.05, 3.63) is 71.8 Å². The highest BCUT2D eigenvalue weighted by molar-refractivity contribution is 5.84. The molecular weight excluding hydrogens is 381 g/mol. The number of hydrogen-bond donors (Lipinski definition) is 2. The summed E-state index contributed by atoms with van der Waals surface area (Å²) in [6.07, 6.45) is -4.70. The summed E-state index contributed by atoms with van der Waals surface area (Å²) in [5, 5.41) is 14.9. The summed E-state index contributed by atoms with van der Waals surface area (Å²) in [5.74, 6) is -0.0153. The average molecular weight is 402 g/mol. The van der Waals surface area contributed by atoms with Gasteiger partial charge in [-0.25, -0.2) is 0 Å². The molecule has 0 saturated carbocycles. The lowest BCUT2D eigenvalue weighted by Crippen LogP contribution is -2.45. The van der Waals surface area contributed by atoms with E-state index in [0.717, 1.165) is 48.1 Å². The van der Waals surface area contributed by atoms with Gasteiger partial charge in [0.1, 0.15) is 11.5 Å². The number of aromatic hydroxyl groups is 1. The third kappa shape index (κ3) is 4.63. The molecule has 1 atom stereocenters. The molecule has 4 nitrogen and oxygen atoms in total. The number of phenolic OH excluding ortho intramolecular Hbond substituents is 1. The van der Waals surface area contributed by atoms with Crippen molar-refractivity contribution in [2.45, 2.75) is 12.4 Å². The van der Waals surface area contributed by atoms with Crippen LogP contribution in [0.4, 0.5) is 13.2 Å². The fourth-order valence-electron chi connectivity index (χ4n) is 3.83. The van der Waals surface area contributed by atoms with E-state index in [1.165, 1.54) is 12.1 Å². The van der Waals surface area contributed by atoms with Crippen molar-refractivity contribution < 1.29 is 23.0 Å². The molecule has 1 saturated heterocycles. The fraction of sp³-hybridized carbons (Fsp3) is 0.273. The third-order valence-electron chi connectivity index (χ3n) is 5.11. The first-order chi connectivity index (χ1) is 13.9. The molecular formula is C22H21F3N2O2. The molecule has 1 fully saturated rings. The van der Waals surface area contributed by atoms with Gasteiger partial charge in [0.25, 0.3) is 0 Å². The number of benzene rings is 3. The first-order valence-corrected chi connectivity index (χ1v) is 9.42. The van der Waals surface area contributed by atoms with Gasteiger partial charge in [-0.2, -0.15) is 0 Å². The maximum atomic E-state index is 12.5. The van der Waals surface area contributed by atoms with Crippen molar-refractivity contribution in [2.75, 3.05) is 26.2 Å². The highest BCUT2D eigenvalue weighted by Gasteiger charge is 2.31. The summed E-state index contributed by atoms with van der Waals surface area (Å²) >= 11 is 0. The smallest absolute Gasteiger partial charge is 0.508 e. The fourth-order valence-corrected chi connectivity index (χ4v) is 3.83. The molecule has 0 bridgehead atoms. The Hall–Kier alpha value is -2.77. The Bertz CT molecular complexity index is 984. The van der Waals surface area contributed by atoms with Crippen LogP contribution in [0, 0.1) is 0 Å². The van der Waals surface area contributed by atoms with E-state index >= 15 is 0 Å². The summed E-state index contributed by atoms with van der Waals surface area (Å²) in [4.78, 5) is 2.32.